The summed E-state index contributed by atoms with van der Waals surface area (Å²) in [5.74, 6) is -2.59. The summed E-state index contributed by atoms with van der Waals surface area (Å²) in [4.78, 5) is 35.7. The molecule has 1 heterocycles. The summed E-state index contributed by atoms with van der Waals surface area (Å²) in [5.41, 5.74) is -2.03. The first kappa shape index (κ1) is 18.8. The van der Waals surface area contributed by atoms with Crippen molar-refractivity contribution in [3.05, 3.63) is 44.9 Å². The number of ether oxygens (including phenoxy) is 1. The molecule has 0 fully saturated rings. The van der Waals surface area contributed by atoms with E-state index in [0.29, 0.717) is 6.07 Å². The summed E-state index contributed by atoms with van der Waals surface area (Å²) in [5, 5.41) is 31.4. The number of carbonyl (C=O) groups excluding carboxylic acids is 2. The molecule has 1 aliphatic rings. The first-order chi connectivity index (χ1) is 12.3. The van der Waals surface area contributed by atoms with Gasteiger partial charge in [0, 0.05) is 18.7 Å². The van der Waals surface area contributed by atoms with Crippen LogP contribution in [-0.2, 0) is 14.3 Å². The van der Waals surface area contributed by atoms with Crippen LogP contribution < -0.4 is 5.32 Å². The number of nitrogens with one attached hydrogen (secondary N) is 1. The molecule has 0 aliphatic carbocycles. The number of hydrogen-bond donors (Lipinski definition) is 2. The summed E-state index contributed by atoms with van der Waals surface area (Å²) >= 11 is 0. The van der Waals surface area contributed by atoms with Crippen molar-refractivity contribution in [1.29, 1.82) is 5.26 Å². The number of nitriles is 1. The molecule has 11 heteroatoms. The monoisotopic (exact) mass is 364 g/mol. The third-order valence-corrected chi connectivity index (χ3v) is 3.62. The quantitative estimate of drug-likeness (QED) is 0.416. The molecule has 136 valence electrons. The van der Waals surface area contributed by atoms with Crippen molar-refractivity contribution in [2.75, 3.05) is 32.1 Å². The number of nitro groups is 1. The second kappa shape index (κ2) is 7.58. The summed E-state index contributed by atoms with van der Waals surface area (Å²) in [7, 11) is 1.09. The highest BCUT2D eigenvalue weighted by molar-refractivity contribution is 6.08. The second-order valence-corrected chi connectivity index (χ2v) is 5.14. The van der Waals surface area contributed by atoms with Gasteiger partial charge in [-0.05, 0) is 0 Å². The van der Waals surface area contributed by atoms with Crippen LogP contribution in [0.3, 0.4) is 0 Å². The van der Waals surface area contributed by atoms with Crippen LogP contribution in [0.15, 0.2) is 23.4 Å². The van der Waals surface area contributed by atoms with E-state index < -0.39 is 39.6 Å². The first-order valence-corrected chi connectivity index (χ1v) is 7.20. The Kier molecular flexibility index (Phi) is 5.48. The first-order valence-electron chi connectivity index (χ1n) is 7.20. The fourth-order valence-corrected chi connectivity index (χ4v) is 2.38. The molecule has 2 N–H and O–H groups in total. The molecular formula is C15H13FN4O6. The van der Waals surface area contributed by atoms with E-state index in [1.165, 1.54) is 6.07 Å². The smallest absolute Gasteiger partial charge is 0.337 e. The highest BCUT2D eigenvalue weighted by Gasteiger charge is 2.35. The minimum Gasteiger partial charge on any atom is -0.466 e. The van der Waals surface area contributed by atoms with Gasteiger partial charge >= 0.3 is 5.97 Å². The van der Waals surface area contributed by atoms with Gasteiger partial charge in [-0.25, -0.2) is 9.18 Å². The lowest BCUT2D eigenvalue weighted by Crippen LogP contribution is -2.31. The topological polar surface area (TPSA) is 146 Å². The van der Waals surface area contributed by atoms with Crippen LogP contribution in [0.25, 0.3) is 0 Å². The van der Waals surface area contributed by atoms with E-state index in [1.54, 1.807) is 0 Å². The molecule has 1 amide bonds. The number of anilines is 1. The van der Waals surface area contributed by atoms with Crippen LogP contribution >= 0.6 is 0 Å². The Bertz CT molecular complexity index is 860. The van der Waals surface area contributed by atoms with Gasteiger partial charge in [-0.1, -0.05) is 0 Å². The summed E-state index contributed by atoms with van der Waals surface area (Å²) in [6, 6.07) is 2.90. The normalized spacial score (nSPS) is 13.6. The molecule has 1 aliphatic heterocycles. The maximum absolute atomic E-state index is 13.9. The Morgan fingerprint density at radius 2 is 2.27 bits per heavy atom. The highest BCUT2D eigenvalue weighted by Crippen LogP contribution is 2.31. The average molecular weight is 364 g/mol. The van der Waals surface area contributed by atoms with Gasteiger partial charge in [0.2, 0.25) is 0 Å². The molecule has 0 aromatic heterocycles. The lowest BCUT2D eigenvalue weighted by Gasteiger charge is -2.15. The van der Waals surface area contributed by atoms with Crippen molar-refractivity contribution in [1.82, 2.24) is 4.90 Å². The molecule has 0 radical (unpaired) electrons. The zero-order chi connectivity index (χ0) is 19.4. The summed E-state index contributed by atoms with van der Waals surface area (Å²) < 4.78 is 18.4. The van der Waals surface area contributed by atoms with E-state index in [9.17, 15) is 24.1 Å². The Balaban J connectivity index is 2.52. The van der Waals surface area contributed by atoms with Crippen molar-refractivity contribution in [3.8, 4) is 6.07 Å². The molecule has 0 unspecified atom stereocenters. The van der Waals surface area contributed by atoms with E-state index in [4.69, 9.17) is 10.4 Å². The van der Waals surface area contributed by atoms with Gasteiger partial charge in [0.05, 0.1) is 36.3 Å². The number of hydrogen-bond acceptors (Lipinski definition) is 8. The van der Waals surface area contributed by atoms with Crippen LogP contribution in [0.4, 0.5) is 15.8 Å². The standard InChI is InChI=1S/C15H13FN4O6/c1-26-15(23)9-7-19(2-3-21)14(22)13(9)18-11-5-10(16)8(6-17)4-12(11)20(24)25/h4-5,18,21H,2-3,7H2,1H3. The number of amides is 1. The number of halogens is 1. The largest absolute Gasteiger partial charge is 0.466 e. The second-order valence-electron chi connectivity index (χ2n) is 5.14. The minimum atomic E-state index is -1.03. The van der Waals surface area contributed by atoms with Crippen molar-refractivity contribution >= 4 is 23.3 Å². The fraction of sp³-hybridized carbons (Fsp3) is 0.267. The molecule has 1 aromatic rings. The molecule has 26 heavy (non-hydrogen) atoms. The zero-order valence-electron chi connectivity index (χ0n) is 13.5. The average Bonchev–Trinajstić information content (AvgIpc) is 2.91. The van der Waals surface area contributed by atoms with Crippen LogP contribution in [0.1, 0.15) is 5.56 Å². The zero-order valence-corrected chi connectivity index (χ0v) is 13.5. The van der Waals surface area contributed by atoms with Crippen LogP contribution in [0.2, 0.25) is 0 Å². The number of β-amino-alcohol motifs (C(OH)–C–C–N with tert-alkyl or cyclic N) is 1. The van der Waals surface area contributed by atoms with Crippen molar-refractivity contribution in [2.24, 2.45) is 0 Å². The molecule has 0 spiro atoms. The SMILES string of the molecule is COC(=O)C1=C(Nc2cc(F)c(C#N)cc2[N+](=O)[O-])C(=O)N(CCO)C1. The highest BCUT2D eigenvalue weighted by atomic mass is 19.1. The van der Waals surface area contributed by atoms with Gasteiger partial charge < -0.3 is 20.1 Å². The number of methoxy groups -OCH3 is 1. The Hall–Kier alpha value is -3.52. The van der Waals surface area contributed by atoms with E-state index in [2.05, 4.69) is 10.1 Å². The molecule has 0 saturated heterocycles. The number of aliphatic hydroxyl groups is 1. The Morgan fingerprint density at radius 1 is 1.58 bits per heavy atom. The van der Waals surface area contributed by atoms with Crippen molar-refractivity contribution in [2.45, 2.75) is 0 Å². The number of rotatable bonds is 6. The van der Waals surface area contributed by atoms with E-state index >= 15 is 0 Å². The van der Waals surface area contributed by atoms with Gasteiger partial charge in [0.25, 0.3) is 11.6 Å². The number of carbonyl (C=O) groups is 2. The molecule has 10 nitrogen and oxygen atoms in total. The third-order valence-electron chi connectivity index (χ3n) is 3.62. The van der Waals surface area contributed by atoms with Crippen molar-refractivity contribution in [3.63, 3.8) is 0 Å². The predicted molar refractivity (Wildman–Crippen MR) is 84.1 cm³/mol. The Morgan fingerprint density at radius 3 is 2.81 bits per heavy atom. The number of aliphatic hydroxyl groups excluding tert-OH is 1. The number of nitrogens with zero attached hydrogens (tertiary/aromatic N) is 3. The maximum Gasteiger partial charge on any atom is 0.337 e. The predicted octanol–water partition coefficient (Wildman–Crippen LogP) is 0.279. The van der Waals surface area contributed by atoms with Crippen LogP contribution in [0.5, 0.6) is 0 Å². The minimum absolute atomic E-state index is 0.0751. The van der Waals surface area contributed by atoms with Gasteiger partial charge in [-0.3, -0.25) is 14.9 Å². The maximum atomic E-state index is 13.9. The summed E-state index contributed by atoms with van der Waals surface area (Å²) in [6.45, 7) is -0.617. The third kappa shape index (κ3) is 3.45. The van der Waals surface area contributed by atoms with E-state index in [0.717, 1.165) is 18.1 Å². The van der Waals surface area contributed by atoms with Crippen LogP contribution in [0, 0.1) is 27.3 Å². The van der Waals surface area contributed by atoms with Crippen LogP contribution in [-0.4, -0.2) is 53.6 Å². The lowest BCUT2D eigenvalue weighted by atomic mass is 10.1. The van der Waals surface area contributed by atoms with Gasteiger partial charge in [0.15, 0.2) is 0 Å². The van der Waals surface area contributed by atoms with E-state index in [1.807, 2.05) is 0 Å². The number of nitro benzene ring substituents is 1. The number of esters is 1. The molecule has 2 rings (SSSR count). The van der Waals surface area contributed by atoms with E-state index in [-0.39, 0.29) is 31.0 Å². The number of benzene rings is 1. The van der Waals surface area contributed by atoms with Crippen molar-refractivity contribution < 1.29 is 28.7 Å². The fourth-order valence-electron chi connectivity index (χ4n) is 2.38. The molecular weight excluding hydrogens is 351 g/mol. The molecule has 0 bridgehead atoms. The molecule has 0 saturated carbocycles. The Labute approximate surface area is 146 Å². The van der Waals surface area contributed by atoms with Gasteiger partial charge in [0.1, 0.15) is 23.3 Å². The van der Waals surface area contributed by atoms with Gasteiger partial charge in [-0.15, -0.1) is 0 Å². The summed E-state index contributed by atoms with van der Waals surface area (Å²) in [6.07, 6.45) is 0. The molecule has 0 atom stereocenters. The van der Waals surface area contributed by atoms with Gasteiger partial charge in [-0.2, -0.15) is 5.26 Å². The molecule has 1 aromatic carbocycles. The lowest BCUT2D eigenvalue weighted by molar-refractivity contribution is -0.384.